The molecule has 0 saturated heterocycles. The molecule has 0 amide bonds. The van der Waals surface area contributed by atoms with E-state index in [1.54, 1.807) is 6.20 Å². The molecule has 0 aliphatic rings. The van der Waals surface area contributed by atoms with Gasteiger partial charge in [0, 0.05) is 0 Å². The van der Waals surface area contributed by atoms with Crippen molar-refractivity contribution >= 4 is 33.3 Å². The highest BCUT2D eigenvalue weighted by Gasteiger charge is 2.07. The number of hydrogen-bond acceptors (Lipinski definition) is 5. The SMILES string of the molecule is Cc1cnc(CNc2ncnc(Cl)c2Br)o1. The highest BCUT2D eigenvalue weighted by atomic mass is 79.9. The number of hydrogen-bond donors (Lipinski definition) is 1. The topological polar surface area (TPSA) is 63.8 Å². The normalized spacial score (nSPS) is 10.4. The second kappa shape index (κ2) is 4.80. The van der Waals surface area contributed by atoms with Gasteiger partial charge in [-0.15, -0.1) is 0 Å². The maximum Gasteiger partial charge on any atom is 0.213 e. The number of aryl methyl sites for hydroxylation is 1. The van der Waals surface area contributed by atoms with E-state index in [2.05, 4.69) is 36.2 Å². The van der Waals surface area contributed by atoms with Crippen LogP contribution in [0.4, 0.5) is 5.82 Å². The summed E-state index contributed by atoms with van der Waals surface area (Å²) in [5.41, 5.74) is 0. The molecule has 84 valence electrons. The van der Waals surface area contributed by atoms with Crippen LogP contribution in [-0.4, -0.2) is 15.0 Å². The van der Waals surface area contributed by atoms with Gasteiger partial charge < -0.3 is 9.73 Å². The van der Waals surface area contributed by atoms with Gasteiger partial charge in [-0.3, -0.25) is 0 Å². The quantitative estimate of drug-likeness (QED) is 0.883. The summed E-state index contributed by atoms with van der Waals surface area (Å²) < 4.78 is 5.93. The van der Waals surface area contributed by atoms with Crippen LogP contribution in [0, 0.1) is 6.92 Å². The van der Waals surface area contributed by atoms with E-state index in [4.69, 9.17) is 16.0 Å². The largest absolute Gasteiger partial charge is 0.444 e. The minimum absolute atomic E-state index is 0.362. The summed E-state index contributed by atoms with van der Waals surface area (Å²) in [6.45, 7) is 2.29. The van der Waals surface area contributed by atoms with Crippen LogP contribution in [0.3, 0.4) is 0 Å². The molecule has 0 aliphatic carbocycles. The van der Waals surface area contributed by atoms with Crippen LogP contribution in [0.1, 0.15) is 11.7 Å². The van der Waals surface area contributed by atoms with Crippen molar-refractivity contribution in [1.29, 1.82) is 0 Å². The fourth-order valence-electron chi connectivity index (χ4n) is 1.11. The van der Waals surface area contributed by atoms with Gasteiger partial charge in [-0.25, -0.2) is 15.0 Å². The first-order valence-corrected chi connectivity index (χ1v) is 5.65. The lowest BCUT2D eigenvalue weighted by Gasteiger charge is -2.05. The van der Waals surface area contributed by atoms with Crippen molar-refractivity contribution in [3.8, 4) is 0 Å². The Morgan fingerprint density at radius 3 is 2.94 bits per heavy atom. The zero-order valence-corrected chi connectivity index (χ0v) is 10.7. The van der Waals surface area contributed by atoms with Crippen LogP contribution in [0.5, 0.6) is 0 Å². The van der Waals surface area contributed by atoms with Gasteiger partial charge in [0.25, 0.3) is 0 Å². The zero-order chi connectivity index (χ0) is 11.5. The van der Waals surface area contributed by atoms with Gasteiger partial charge in [-0.2, -0.15) is 0 Å². The zero-order valence-electron chi connectivity index (χ0n) is 8.37. The van der Waals surface area contributed by atoms with Crippen LogP contribution in [0.25, 0.3) is 0 Å². The van der Waals surface area contributed by atoms with Gasteiger partial charge in [0.1, 0.15) is 23.1 Å². The molecule has 2 rings (SSSR count). The standard InChI is InChI=1S/C9H8BrClN4O/c1-5-2-12-6(16-5)3-13-9-7(10)8(11)14-4-15-9/h2,4H,3H2,1H3,(H,13,14,15). The second-order valence-electron chi connectivity index (χ2n) is 3.05. The number of oxazole rings is 1. The highest BCUT2D eigenvalue weighted by Crippen LogP contribution is 2.26. The number of rotatable bonds is 3. The van der Waals surface area contributed by atoms with Crippen molar-refractivity contribution in [2.75, 3.05) is 5.32 Å². The molecule has 0 saturated carbocycles. The Kier molecular flexibility index (Phi) is 3.40. The third kappa shape index (κ3) is 2.51. The van der Waals surface area contributed by atoms with Gasteiger partial charge in [0.2, 0.25) is 5.89 Å². The minimum Gasteiger partial charge on any atom is -0.444 e. The van der Waals surface area contributed by atoms with Crippen molar-refractivity contribution in [3.63, 3.8) is 0 Å². The summed E-state index contributed by atoms with van der Waals surface area (Å²) in [5, 5.41) is 3.41. The predicted octanol–water partition coefficient (Wildman–Crippen LogP) is 2.80. The maximum absolute atomic E-state index is 5.82. The average Bonchev–Trinajstić information content (AvgIpc) is 2.67. The van der Waals surface area contributed by atoms with E-state index < -0.39 is 0 Å². The van der Waals surface area contributed by atoms with Crippen LogP contribution in [-0.2, 0) is 6.54 Å². The third-order valence-corrected chi connectivity index (χ3v) is 3.09. The highest BCUT2D eigenvalue weighted by molar-refractivity contribution is 9.10. The molecule has 0 aliphatic heterocycles. The summed E-state index contributed by atoms with van der Waals surface area (Å²) in [4.78, 5) is 11.9. The monoisotopic (exact) mass is 302 g/mol. The first kappa shape index (κ1) is 11.3. The van der Waals surface area contributed by atoms with Crippen molar-refractivity contribution < 1.29 is 4.42 Å². The smallest absolute Gasteiger partial charge is 0.213 e. The van der Waals surface area contributed by atoms with E-state index in [1.807, 2.05) is 6.92 Å². The summed E-state index contributed by atoms with van der Waals surface area (Å²) in [7, 11) is 0. The average molecular weight is 304 g/mol. The molecule has 0 spiro atoms. The van der Waals surface area contributed by atoms with Crippen LogP contribution >= 0.6 is 27.5 Å². The maximum atomic E-state index is 5.82. The van der Waals surface area contributed by atoms with Gasteiger partial charge in [-0.05, 0) is 22.9 Å². The molecule has 16 heavy (non-hydrogen) atoms. The summed E-state index contributed by atoms with van der Waals surface area (Å²) in [6, 6.07) is 0. The van der Waals surface area contributed by atoms with Gasteiger partial charge in [-0.1, -0.05) is 11.6 Å². The van der Waals surface area contributed by atoms with E-state index in [0.717, 1.165) is 5.76 Å². The fourth-order valence-corrected chi connectivity index (χ4v) is 1.59. The number of aromatic nitrogens is 3. The Balaban J connectivity index is 2.07. The molecule has 0 bridgehead atoms. The van der Waals surface area contributed by atoms with Crippen molar-refractivity contribution in [3.05, 3.63) is 33.8 Å². The van der Waals surface area contributed by atoms with Crippen molar-refractivity contribution in [1.82, 2.24) is 15.0 Å². The molecule has 0 aromatic carbocycles. The lowest BCUT2D eigenvalue weighted by atomic mass is 10.5. The Labute approximate surface area is 105 Å². The molecule has 2 heterocycles. The van der Waals surface area contributed by atoms with Crippen molar-refractivity contribution in [2.24, 2.45) is 0 Å². The second-order valence-corrected chi connectivity index (χ2v) is 4.20. The Morgan fingerprint density at radius 1 is 1.44 bits per heavy atom. The Morgan fingerprint density at radius 2 is 2.25 bits per heavy atom. The first-order chi connectivity index (χ1) is 7.66. The molecule has 2 aromatic heterocycles. The Hall–Kier alpha value is -1.14. The lowest BCUT2D eigenvalue weighted by molar-refractivity contribution is 0.478. The minimum atomic E-state index is 0.362. The molecule has 0 atom stereocenters. The van der Waals surface area contributed by atoms with Crippen LogP contribution in [0.15, 0.2) is 21.4 Å². The summed E-state index contributed by atoms with van der Waals surface area (Å²) in [6.07, 6.45) is 3.05. The molecule has 5 nitrogen and oxygen atoms in total. The Bertz CT molecular complexity index is 502. The molecule has 1 N–H and O–H groups in total. The van der Waals surface area contributed by atoms with E-state index in [9.17, 15) is 0 Å². The molecule has 0 unspecified atom stereocenters. The first-order valence-electron chi connectivity index (χ1n) is 4.48. The van der Waals surface area contributed by atoms with Crippen molar-refractivity contribution in [2.45, 2.75) is 13.5 Å². The molecule has 0 radical (unpaired) electrons. The molecule has 0 fully saturated rings. The summed E-state index contributed by atoms with van der Waals surface area (Å²) in [5.74, 6) is 1.98. The van der Waals surface area contributed by atoms with E-state index in [1.165, 1.54) is 6.33 Å². The van der Waals surface area contributed by atoms with E-state index >= 15 is 0 Å². The number of anilines is 1. The van der Waals surface area contributed by atoms with Gasteiger partial charge in [0.05, 0.1) is 17.2 Å². The molecule has 7 heteroatoms. The molecule has 2 aromatic rings. The lowest BCUT2D eigenvalue weighted by Crippen LogP contribution is -2.03. The number of nitrogens with zero attached hydrogens (tertiary/aromatic N) is 3. The predicted molar refractivity (Wildman–Crippen MR) is 63.3 cm³/mol. The molecular formula is C9H8BrClN4O. The van der Waals surface area contributed by atoms with Gasteiger partial charge >= 0.3 is 0 Å². The summed E-state index contributed by atoms with van der Waals surface area (Å²) >= 11 is 9.11. The fraction of sp³-hybridized carbons (Fsp3) is 0.222. The van der Waals surface area contributed by atoms with Crippen LogP contribution < -0.4 is 5.32 Å². The molecular weight excluding hydrogens is 295 g/mol. The van der Waals surface area contributed by atoms with Crippen LogP contribution in [0.2, 0.25) is 5.15 Å². The van der Waals surface area contributed by atoms with E-state index in [-0.39, 0.29) is 0 Å². The van der Waals surface area contributed by atoms with E-state index in [0.29, 0.717) is 27.9 Å². The number of halogens is 2. The third-order valence-electron chi connectivity index (χ3n) is 1.82. The number of nitrogens with one attached hydrogen (secondary N) is 1. The van der Waals surface area contributed by atoms with Gasteiger partial charge in [0.15, 0.2) is 0 Å².